The van der Waals surface area contributed by atoms with Crippen LogP contribution in [0.1, 0.15) is 15.9 Å². The van der Waals surface area contributed by atoms with E-state index in [-0.39, 0.29) is 5.56 Å². The summed E-state index contributed by atoms with van der Waals surface area (Å²) in [4.78, 5) is 11.1. The molecule has 2 rings (SSSR count). The number of halogens is 2. The molecule has 0 unspecified atom stereocenters. The van der Waals surface area contributed by atoms with Gasteiger partial charge in [-0.15, -0.1) is 0 Å². The SMILES string of the molecule is COc1ccc(COc2ccc(Br)c(C(=O)O)c2)cc1Br. The second-order valence-electron chi connectivity index (χ2n) is 4.20. The van der Waals surface area contributed by atoms with E-state index in [2.05, 4.69) is 31.9 Å². The van der Waals surface area contributed by atoms with Crippen molar-refractivity contribution < 1.29 is 19.4 Å². The fraction of sp³-hybridized carbons (Fsp3) is 0.133. The summed E-state index contributed by atoms with van der Waals surface area (Å²) in [6.45, 7) is 0.337. The minimum Gasteiger partial charge on any atom is -0.496 e. The second kappa shape index (κ2) is 6.95. The largest absolute Gasteiger partial charge is 0.496 e. The molecule has 0 heterocycles. The molecule has 0 aliphatic carbocycles. The highest BCUT2D eigenvalue weighted by Crippen LogP contribution is 2.27. The van der Waals surface area contributed by atoms with Crippen LogP contribution in [0.5, 0.6) is 11.5 Å². The molecular formula is C15H12Br2O4. The number of carboxylic acid groups (broad SMARTS) is 1. The number of carbonyl (C=O) groups is 1. The van der Waals surface area contributed by atoms with Gasteiger partial charge in [-0.3, -0.25) is 0 Å². The summed E-state index contributed by atoms with van der Waals surface area (Å²) in [7, 11) is 1.60. The maximum atomic E-state index is 11.1. The molecule has 2 aromatic rings. The van der Waals surface area contributed by atoms with E-state index in [0.717, 1.165) is 15.8 Å². The zero-order valence-corrected chi connectivity index (χ0v) is 14.3. The minimum absolute atomic E-state index is 0.170. The predicted octanol–water partition coefficient (Wildman–Crippen LogP) is 4.50. The number of aromatic carboxylic acids is 1. The summed E-state index contributed by atoms with van der Waals surface area (Å²) in [6.07, 6.45) is 0. The molecule has 0 aliphatic heterocycles. The van der Waals surface area contributed by atoms with Gasteiger partial charge >= 0.3 is 5.97 Å². The molecular weight excluding hydrogens is 404 g/mol. The lowest BCUT2D eigenvalue weighted by Gasteiger charge is -2.09. The van der Waals surface area contributed by atoms with E-state index < -0.39 is 5.97 Å². The van der Waals surface area contributed by atoms with Gasteiger partial charge in [0.2, 0.25) is 0 Å². The number of benzene rings is 2. The van der Waals surface area contributed by atoms with Crippen LogP contribution in [0, 0.1) is 0 Å². The van der Waals surface area contributed by atoms with E-state index in [4.69, 9.17) is 14.6 Å². The number of hydrogen-bond acceptors (Lipinski definition) is 3. The summed E-state index contributed by atoms with van der Waals surface area (Å²) in [5, 5.41) is 9.06. The van der Waals surface area contributed by atoms with Crippen LogP contribution in [0.3, 0.4) is 0 Å². The predicted molar refractivity (Wildman–Crippen MR) is 86.1 cm³/mol. The maximum absolute atomic E-state index is 11.1. The molecule has 6 heteroatoms. The van der Waals surface area contributed by atoms with E-state index in [9.17, 15) is 4.79 Å². The number of rotatable bonds is 5. The molecule has 110 valence electrons. The Labute approximate surface area is 139 Å². The van der Waals surface area contributed by atoms with Crippen molar-refractivity contribution in [1.29, 1.82) is 0 Å². The van der Waals surface area contributed by atoms with E-state index in [1.54, 1.807) is 19.2 Å². The van der Waals surface area contributed by atoms with Crippen LogP contribution >= 0.6 is 31.9 Å². The van der Waals surface area contributed by atoms with Crippen molar-refractivity contribution in [3.05, 3.63) is 56.5 Å². The molecule has 0 radical (unpaired) electrons. The Morgan fingerprint density at radius 2 is 1.90 bits per heavy atom. The van der Waals surface area contributed by atoms with Gasteiger partial charge in [-0.05, 0) is 67.8 Å². The summed E-state index contributed by atoms with van der Waals surface area (Å²) in [6, 6.07) is 10.5. The lowest BCUT2D eigenvalue weighted by atomic mass is 10.2. The molecule has 0 fully saturated rings. The van der Waals surface area contributed by atoms with Gasteiger partial charge in [0.05, 0.1) is 17.1 Å². The zero-order chi connectivity index (χ0) is 15.4. The summed E-state index contributed by atoms with van der Waals surface area (Å²) in [5.74, 6) is 0.248. The fourth-order valence-electron chi connectivity index (χ4n) is 1.72. The van der Waals surface area contributed by atoms with Gasteiger partial charge < -0.3 is 14.6 Å². The maximum Gasteiger partial charge on any atom is 0.336 e. The molecule has 0 saturated carbocycles. The van der Waals surface area contributed by atoms with Gasteiger partial charge in [0, 0.05) is 4.47 Å². The fourth-order valence-corrected chi connectivity index (χ4v) is 2.73. The van der Waals surface area contributed by atoms with Crippen LogP contribution in [-0.2, 0) is 6.61 Å². The standard InChI is InChI=1S/C15H12Br2O4/c1-20-14-5-2-9(6-13(14)17)8-21-10-3-4-12(16)11(7-10)15(18)19/h2-7H,8H2,1H3,(H,18,19). The van der Waals surface area contributed by atoms with Gasteiger partial charge in [0.25, 0.3) is 0 Å². The van der Waals surface area contributed by atoms with Crippen LogP contribution in [0.2, 0.25) is 0 Å². The quantitative estimate of drug-likeness (QED) is 0.781. The third-order valence-corrected chi connectivity index (χ3v) is 4.10. The molecule has 0 amide bonds. The number of hydrogen-bond donors (Lipinski definition) is 1. The van der Waals surface area contributed by atoms with Gasteiger partial charge in [-0.1, -0.05) is 6.07 Å². The Morgan fingerprint density at radius 1 is 1.14 bits per heavy atom. The molecule has 1 N–H and O–H groups in total. The first kappa shape index (κ1) is 15.9. The molecule has 2 aromatic carbocycles. The van der Waals surface area contributed by atoms with Gasteiger partial charge in [0.1, 0.15) is 18.1 Å². The smallest absolute Gasteiger partial charge is 0.336 e. The van der Waals surface area contributed by atoms with Crippen molar-refractivity contribution in [3.8, 4) is 11.5 Å². The Bertz CT molecular complexity index is 671. The highest BCUT2D eigenvalue weighted by molar-refractivity contribution is 9.10. The molecule has 21 heavy (non-hydrogen) atoms. The number of methoxy groups -OCH3 is 1. The van der Waals surface area contributed by atoms with Crippen LogP contribution in [-0.4, -0.2) is 18.2 Å². The van der Waals surface area contributed by atoms with Gasteiger partial charge in [-0.25, -0.2) is 4.79 Å². The van der Waals surface area contributed by atoms with Crippen LogP contribution in [0.25, 0.3) is 0 Å². The Balaban J connectivity index is 2.11. The lowest BCUT2D eigenvalue weighted by Crippen LogP contribution is -2.00. The monoisotopic (exact) mass is 414 g/mol. The van der Waals surface area contributed by atoms with Crippen LogP contribution in [0.15, 0.2) is 45.3 Å². The molecule has 0 aromatic heterocycles. The Morgan fingerprint density at radius 3 is 2.52 bits per heavy atom. The molecule has 0 atom stereocenters. The Kier molecular flexibility index (Phi) is 5.25. The minimum atomic E-state index is -1.00. The third kappa shape index (κ3) is 3.98. The molecule has 0 spiro atoms. The summed E-state index contributed by atoms with van der Waals surface area (Å²) < 4.78 is 12.1. The van der Waals surface area contributed by atoms with E-state index >= 15 is 0 Å². The average Bonchev–Trinajstić information content (AvgIpc) is 2.46. The van der Waals surface area contributed by atoms with Gasteiger partial charge in [-0.2, -0.15) is 0 Å². The van der Waals surface area contributed by atoms with E-state index in [0.29, 0.717) is 16.8 Å². The summed E-state index contributed by atoms with van der Waals surface area (Å²) >= 11 is 6.61. The topological polar surface area (TPSA) is 55.8 Å². The number of carboxylic acids is 1. The van der Waals surface area contributed by atoms with Gasteiger partial charge in [0.15, 0.2) is 0 Å². The highest BCUT2D eigenvalue weighted by atomic mass is 79.9. The van der Waals surface area contributed by atoms with Crippen LogP contribution in [0.4, 0.5) is 0 Å². The first-order valence-electron chi connectivity index (χ1n) is 5.99. The van der Waals surface area contributed by atoms with Crippen molar-refractivity contribution in [2.24, 2.45) is 0 Å². The number of ether oxygens (including phenoxy) is 2. The average molecular weight is 416 g/mol. The van der Waals surface area contributed by atoms with Crippen molar-refractivity contribution in [1.82, 2.24) is 0 Å². The molecule has 0 bridgehead atoms. The molecule has 0 saturated heterocycles. The van der Waals surface area contributed by atoms with E-state index in [1.165, 1.54) is 6.07 Å². The van der Waals surface area contributed by atoms with Crippen molar-refractivity contribution in [3.63, 3.8) is 0 Å². The zero-order valence-electron chi connectivity index (χ0n) is 11.1. The highest BCUT2D eigenvalue weighted by Gasteiger charge is 2.10. The van der Waals surface area contributed by atoms with Crippen molar-refractivity contribution >= 4 is 37.8 Å². The molecule has 4 nitrogen and oxygen atoms in total. The Hall–Kier alpha value is -1.53. The molecule has 0 aliphatic rings. The third-order valence-electron chi connectivity index (χ3n) is 2.79. The summed E-state index contributed by atoms with van der Waals surface area (Å²) in [5.41, 5.74) is 1.12. The van der Waals surface area contributed by atoms with Crippen molar-refractivity contribution in [2.75, 3.05) is 7.11 Å². The first-order valence-corrected chi connectivity index (χ1v) is 7.58. The van der Waals surface area contributed by atoms with Crippen LogP contribution < -0.4 is 9.47 Å². The lowest BCUT2D eigenvalue weighted by molar-refractivity contribution is 0.0695. The second-order valence-corrected chi connectivity index (χ2v) is 5.91. The van der Waals surface area contributed by atoms with Crippen molar-refractivity contribution in [2.45, 2.75) is 6.61 Å². The normalized spacial score (nSPS) is 10.2. The first-order chi connectivity index (χ1) is 10.0. The van der Waals surface area contributed by atoms with E-state index in [1.807, 2.05) is 18.2 Å².